The molecule has 0 aliphatic rings. The quantitative estimate of drug-likeness (QED) is 0.0377. The Balaban J connectivity index is 3.14. The second-order valence-corrected chi connectivity index (χ2v) is 19.4. The Labute approximate surface area is 379 Å². The molecule has 3 heteroatoms. The van der Waals surface area contributed by atoms with Crippen molar-refractivity contribution in [3.8, 4) is 0 Å². The highest BCUT2D eigenvalue weighted by Crippen LogP contribution is 2.18. The number of rotatable bonds is 54. The lowest BCUT2D eigenvalue weighted by Gasteiger charge is -2.06. The molecule has 358 valence electrons. The Morgan fingerprint density at radius 3 is 0.833 bits per heavy atom. The van der Waals surface area contributed by atoms with Gasteiger partial charge in [-0.3, -0.25) is 4.79 Å². The van der Waals surface area contributed by atoms with Crippen molar-refractivity contribution in [3.63, 3.8) is 0 Å². The van der Waals surface area contributed by atoms with Crippen LogP contribution in [0.25, 0.3) is 0 Å². The first kappa shape index (κ1) is 59.2. The topological polar surface area (TPSA) is 46.5 Å². The van der Waals surface area contributed by atoms with Crippen LogP contribution in [0.5, 0.6) is 0 Å². The van der Waals surface area contributed by atoms with E-state index >= 15 is 0 Å². The third-order valence-electron chi connectivity index (χ3n) is 13.2. The normalized spacial score (nSPS) is 11.7. The van der Waals surface area contributed by atoms with Gasteiger partial charge >= 0.3 is 5.97 Å². The van der Waals surface area contributed by atoms with Gasteiger partial charge in [0.15, 0.2) is 0 Å². The van der Waals surface area contributed by atoms with Crippen molar-refractivity contribution in [2.75, 3.05) is 13.2 Å². The molecule has 0 fully saturated rings. The van der Waals surface area contributed by atoms with Crippen LogP contribution in [0, 0.1) is 0 Å². The molecular formula is C57H112O3. The van der Waals surface area contributed by atoms with Crippen LogP contribution in [-0.4, -0.2) is 24.3 Å². The standard InChI is InChI=1S/C57H112O3/c1-2-3-4-5-6-7-8-9-10-30-33-36-39-42-45-48-51-54-57(59)60-56-53-50-47-44-41-38-35-32-29-27-25-23-21-19-17-15-13-11-12-14-16-18-20-22-24-26-28-31-34-37-40-43-46-49-52-55-58/h9-10,58H,2-8,11-56H2,1H3. The number of carbonyl (C=O) groups is 1. The number of unbranched alkanes of at least 4 members (excludes halogenated alkanes) is 47. The Kier molecular flexibility index (Phi) is 55.4. The average Bonchev–Trinajstić information content (AvgIpc) is 3.25. The van der Waals surface area contributed by atoms with Crippen molar-refractivity contribution < 1.29 is 14.6 Å². The lowest BCUT2D eigenvalue weighted by Crippen LogP contribution is -2.05. The minimum absolute atomic E-state index is 0.0244. The van der Waals surface area contributed by atoms with Crippen LogP contribution in [-0.2, 0) is 9.53 Å². The number of carbonyl (C=O) groups excluding carboxylic acids is 1. The molecule has 0 saturated carbocycles. The first-order valence-corrected chi connectivity index (χ1v) is 28.2. The van der Waals surface area contributed by atoms with E-state index in [1.54, 1.807) is 0 Å². The maximum Gasteiger partial charge on any atom is 0.305 e. The van der Waals surface area contributed by atoms with E-state index < -0.39 is 0 Å². The smallest absolute Gasteiger partial charge is 0.305 e. The number of allylic oxidation sites excluding steroid dienone is 2. The second kappa shape index (κ2) is 56.2. The van der Waals surface area contributed by atoms with Crippen LogP contribution < -0.4 is 0 Å². The number of esters is 1. The van der Waals surface area contributed by atoms with E-state index in [9.17, 15) is 4.79 Å². The zero-order valence-electron chi connectivity index (χ0n) is 41.4. The Hall–Kier alpha value is -0.830. The maximum absolute atomic E-state index is 12.1. The molecule has 0 spiro atoms. The van der Waals surface area contributed by atoms with E-state index in [2.05, 4.69) is 19.1 Å². The van der Waals surface area contributed by atoms with Crippen LogP contribution in [0.2, 0.25) is 0 Å². The van der Waals surface area contributed by atoms with Gasteiger partial charge in [-0.25, -0.2) is 0 Å². The van der Waals surface area contributed by atoms with Crippen LogP contribution >= 0.6 is 0 Å². The fourth-order valence-electron chi connectivity index (χ4n) is 9.00. The first-order chi connectivity index (χ1) is 29.8. The number of hydrogen-bond donors (Lipinski definition) is 1. The molecule has 0 aliphatic carbocycles. The summed E-state index contributed by atoms with van der Waals surface area (Å²) in [6.07, 6.45) is 74.0. The lowest BCUT2D eigenvalue weighted by atomic mass is 10.0. The van der Waals surface area contributed by atoms with Gasteiger partial charge in [0.25, 0.3) is 0 Å². The van der Waals surface area contributed by atoms with E-state index in [1.807, 2.05) is 0 Å². The third-order valence-corrected chi connectivity index (χ3v) is 13.2. The third kappa shape index (κ3) is 55.2. The molecular weight excluding hydrogens is 733 g/mol. The van der Waals surface area contributed by atoms with Crippen LogP contribution in [0.15, 0.2) is 12.2 Å². The van der Waals surface area contributed by atoms with Crippen molar-refractivity contribution >= 4 is 5.97 Å². The average molecular weight is 846 g/mol. The van der Waals surface area contributed by atoms with Crippen LogP contribution in [0.4, 0.5) is 0 Å². The number of hydrogen-bond acceptors (Lipinski definition) is 3. The van der Waals surface area contributed by atoms with Gasteiger partial charge in [0.1, 0.15) is 0 Å². The van der Waals surface area contributed by atoms with E-state index in [1.165, 1.54) is 302 Å². The molecule has 0 aromatic rings. The van der Waals surface area contributed by atoms with Gasteiger partial charge in [-0.15, -0.1) is 0 Å². The largest absolute Gasteiger partial charge is 0.466 e. The first-order valence-electron chi connectivity index (χ1n) is 28.2. The molecule has 0 aromatic carbocycles. The maximum atomic E-state index is 12.1. The Morgan fingerprint density at radius 1 is 0.317 bits per heavy atom. The summed E-state index contributed by atoms with van der Waals surface area (Å²) >= 11 is 0. The Bertz CT molecular complexity index is 792. The Morgan fingerprint density at radius 2 is 0.550 bits per heavy atom. The summed E-state index contributed by atoms with van der Waals surface area (Å²) in [7, 11) is 0. The van der Waals surface area contributed by atoms with Gasteiger partial charge in [0.05, 0.1) is 6.61 Å². The molecule has 0 aromatic heterocycles. The highest BCUT2D eigenvalue weighted by atomic mass is 16.5. The van der Waals surface area contributed by atoms with Crippen molar-refractivity contribution in [3.05, 3.63) is 12.2 Å². The summed E-state index contributed by atoms with van der Waals surface area (Å²) in [5.41, 5.74) is 0. The summed E-state index contributed by atoms with van der Waals surface area (Å²) in [4.78, 5) is 12.1. The highest BCUT2D eigenvalue weighted by molar-refractivity contribution is 5.69. The molecule has 0 heterocycles. The molecule has 0 saturated heterocycles. The van der Waals surface area contributed by atoms with Gasteiger partial charge in [0.2, 0.25) is 0 Å². The predicted molar refractivity (Wildman–Crippen MR) is 268 cm³/mol. The molecule has 3 nitrogen and oxygen atoms in total. The van der Waals surface area contributed by atoms with Crippen LogP contribution in [0.3, 0.4) is 0 Å². The fourth-order valence-corrected chi connectivity index (χ4v) is 9.00. The summed E-state index contributed by atoms with van der Waals surface area (Å²) in [6, 6.07) is 0. The van der Waals surface area contributed by atoms with E-state index in [4.69, 9.17) is 9.84 Å². The van der Waals surface area contributed by atoms with Crippen LogP contribution in [0.1, 0.15) is 334 Å². The second-order valence-electron chi connectivity index (χ2n) is 19.4. The van der Waals surface area contributed by atoms with Gasteiger partial charge in [-0.2, -0.15) is 0 Å². The molecule has 0 unspecified atom stereocenters. The molecule has 60 heavy (non-hydrogen) atoms. The lowest BCUT2D eigenvalue weighted by molar-refractivity contribution is -0.143. The molecule has 0 radical (unpaired) electrons. The molecule has 0 aliphatic heterocycles. The zero-order valence-corrected chi connectivity index (χ0v) is 41.4. The summed E-state index contributed by atoms with van der Waals surface area (Å²) in [5, 5.41) is 8.82. The molecule has 1 N–H and O–H groups in total. The SMILES string of the molecule is CCCCCCCCC=CCCCCCCCCCC(=O)OCCCCCCCCCCCCCCCCCCCCCCCCCCCCCCCCCCCCCO. The van der Waals surface area contributed by atoms with Gasteiger partial charge in [0, 0.05) is 13.0 Å². The molecule has 0 rings (SSSR count). The van der Waals surface area contributed by atoms with E-state index in [-0.39, 0.29) is 5.97 Å². The predicted octanol–water partition coefficient (Wildman–Crippen LogP) is 20.0. The van der Waals surface area contributed by atoms with Gasteiger partial charge in [-0.1, -0.05) is 295 Å². The van der Waals surface area contributed by atoms with E-state index in [0.717, 1.165) is 19.3 Å². The monoisotopic (exact) mass is 845 g/mol. The molecule has 0 atom stereocenters. The van der Waals surface area contributed by atoms with E-state index in [0.29, 0.717) is 19.6 Å². The minimum atomic E-state index is 0.0244. The summed E-state index contributed by atoms with van der Waals surface area (Å²) in [6.45, 7) is 3.28. The van der Waals surface area contributed by atoms with Gasteiger partial charge in [-0.05, 0) is 44.9 Å². The van der Waals surface area contributed by atoms with Crippen molar-refractivity contribution in [1.29, 1.82) is 0 Å². The molecule has 0 amide bonds. The molecule has 0 bridgehead atoms. The minimum Gasteiger partial charge on any atom is -0.466 e. The number of aliphatic hydroxyl groups is 1. The van der Waals surface area contributed by atoms with Crippen molar-refractivity contribution in [1.82, 2.24) is 0 Å². The van der Waals surface area contributed by atoms with Crippen molar-refractivity contribution in [2.24, 2.45) is 0 Å². The van der Waals surface area contributed by atoms with Crippen molar-refractivity contribution in [2.45, 2.75) is 334 Å². The number of ether oxygens (including phenoxy) is 1. The highest BCUT2D eigenvalue weighted by Gasteiger charge is 2.03. The summed E-state index contributed by atoms with van der Waals surface area (Å²) in [5.74, 6) is 0.0244. The zero-order chi connectivity index (χ0) is 43.2. The number of aliphatic hydroxyl groups excluding tert-OH is 1. The summed E-state index contributed by atoms with van der Waals surface area (Å²) < 4.78 is 5.50. The van der Waals surface area contributed by atoms with Gasteiger partial charge < -0.3 is 9.84 Å². The fraction of sp³-hybridized carbons (Fsp3) is 0.947.